The van der Waals surface area contributed by atoms with E-state index in [1.165, 1.54) is 0 Å². The summed E-state index contributed by atoms with van der Waals surface area (Å²) in [7, 11) is 3.31. The van der Waals surface area contributed by atoms with E-state index in [1.54, 1.807) is 14.2 Å². The number of hydrogen-bond acceptors (Lipinski definition) is 3. The predicted octanol–water partition coefficient (Wildman–Crippen LogP) is 5.86. The standard InChI is InChI=1S/C25H25NO2/c1-4-11-24(21-16-22(27-2)18-23(17-21)28-3)26-25(19-12-7-5-8-13-19)20-14-9-6-10-15-20/h4-10,12-18,24H,1,11H2,2-3H3. The van der Waals surface area contributed by atoms with Crippen molar-refractivity contribution in [3.63, 3.8) is 0 Å². The molecule has 0 radical (unpaired) electrons. The van der Waals surface area contributed by atoms with E-state index >= 15 is 0 Å². The van der Waals surface area contributed by atoms with E-state index in [2.05, 4.69) is 30.8 Å². The van der Waals surface area contributed by atoms with E-state index in [9.17, 15) is 0 Å². The molecule has 142 valence electrons. The summed E-state index contributed by atoms with van der Waals surface area (Å²) < 4.78 is 10.9. The van der Waals surface area contributed by atoms with Gasteiger partial charge < -0.3 is 9.47 Å². The van der Waals surface area contributed by atoms with Gasteiger partial charge in [0, 0.05) is 17.2 Å². The zero-order valence-electron chi connectivity index (χ0n) is 16.3. The number of nitrogens with zero attached hydrogens (tertiary/aromatic N) is 1. The van der Waals surface area contributed by atoms with E-state index in [1.807, 2.05) is 60.7 Å². The Morgan fingerprint density at radius 2 is 1.36 bits per heavy atom. The van der Waals surface area contributed by atoms with Gasteiger partial charge in [-0.05, 0) is 24.1 Å². The van der Waals surface area contributed by atoms with Gasteiger partial charge in [0.15, 0.2) is 0 Å². The maximum absolute atomic E-state index is 5.45. The largest absolute Gasteiger partial charge is 0.497 e. The molecule has 0 N–H and O–H groups in total. The average Bonchev–Trinajstić information content (AvgIpc) is 2.77. The molecule has 0 amide bonds. The highest BCUT2D eigenvalue weighted by molar-refractivity contribution is 6.13. The third-order valence-corrected chi connectivity index (χ3v) is 4.53. The highest BCUT2D eigenvalue weighted by Crippen LogP contribution is 2.31. The summed E-state index contributed by atoms with van der Waals surface area (Å²) in [6, 6.07) is 26.3. The van der Waals surface area contributed by atoms with Crippen LogP contribution in [-0.2, 0) is 0 Å². The summed E-state index contributed by atoms with van der Waals surface area (Å²) in [5.74, 6) is 1.50. The van der Waals surface area contributed by atoms with E-state index in [4.69, 9.17) is 14.5 Å². The molecule has 3 nitrogen and oxygen atoms in total. The first-order valence-corrected chi connectivity index (χ1v) is 9.27. The van der Waals surface area contributed by atoms with Gasteiger partial charge in [0.1, 0.15) is 11.5 Å². The lowest BCUT2D eigenvalue weighted by molar-refractivity contribution is 0.392. The van der Waals surface area contributed by atoms with Gasteiger partial charge in [-0.15, -0.1) is 6.58 Å². The minimum atomic E-state index is -0.100. The number of ether oxygens (including phenoxy) is 2. The number of methoxy groups -OCH3 is 2. The molecule has 0 bridgehead atoms. The summed E-state index contributed by atoms with van der Waals surface area (Å²) in [5.41, 5.74) is 4.14. The highest BCUT2D eigenvalue weighted by atomic mass is 16.5. The van der Waals surface area contributed by atoms with Crippen LogP contribution in [0.4, 0.5) is 0 Å². The molecule has 3 rings (SSSR count). The van der Waals surface area contributed by atoms with Crippen molar-refractivity contribution in [3.05, 3.63) is 108 Å². The van der Waals surface area contributed by atoms with Crippen molar-refractivity contribution in [1.82, 2.24) is 0 Å². The second-order valence-electron chi connectivity index (χ2n) is 6.40. The van der Waals surface area contributed by atoms with Gasteiger partial charge in [-0.25, -0.2) is 0 Å². The Hall–Kier alpha value is -3.33. The number of benzene rings is 3. The average molecular weight is 371 g/mol. The Balaban J connectivity index is 2.13. The monoisotopic (exact) mass is 371 g/mol. The molecule has 0 saturated heterocycles. The molecule has 0 fully saturated rings. The van der Waals surface area contributed by atoms with E-state index in [0.717, 1.165) is 33.9 Å². The Morgan fingerprint density at radius 1 is 0.857 bits per heavy atom. The van der Waals surface area contributed by atoms with Crippen molar-refractivity contribution in [2.75, 3.05) is 14.2 Å². The fourth-order valence-corrected chi connectivity index (χ4v) is 3.11. The van der Waals surface area contributed by atoms with Crippen molar-refractivity contribution < 1.29 is 9.47 Å². The molecule has 0 aromatic heterocycles. The molecule has 0 spiro atoms. The van der Waals surface area contributed by atoms with Crippen LogP contribution in [0.1, 0.15) is 29.2 Å². The van der Waals surface area contributed by atoms with Crippen LogP contribution in [0.3, 0.4) is 0 Å². The lowest BCUT2D eigenvalue weighted by Crippen LogP contribution is -2.07. The topological polar surface area (TPSA) is 30.8 Å². The Morgan fingerprint density at radius 3 is 1.79 bits per heavy atom. The van der Waals surface area contributed by atoms with Crippen molar-refractivity contribution in [2.45, 2.75) is 12.5 Å². The lowest BCUT2D eigenvalue weighted by atomic mass is 9.99. The van der Waals surface area contributed by atoms with Crippen molar-refractivity contribution in [3.8, 4) is 11.5 Å². The number of hydrogen-bond donors (Lipinski definition) is 0. The molecule has 0 aliphatic heterocycles. The fraction of sp³-hybridized carbons (Fsp3) is 0.160. The molecule has 0 aliphatic rings. The molecule has 28 heavy (non-hydrogen) atoms. The quantitative estimate of drug-likeness (QED) is 0.367. The van der Waals surface area contributed by atoms with Crippen LogP contribution in [0.2, 0.25) is 0 Å². The first-order valence-electron chi connectivity index (χ1n) is 9.27. The maximum Gasteiger partial charge on any atom is 0.122 e. The summed E-state index contributed by atoms with van der Waals surface area (Å²) in [6.07, 6.45) is 2.60. The van der Waals surface area contributed by atoms with Crippen LogP contribution in [-0.4, -0.2) is 19.9 Å². The molecule has 1 atom stereocenters. The molecule has 0 saturated carbocycles. The van der Waals surface area contributed by atoms with Gasteiger partial charge in [-0.1, -0.05) is 66.7 Å². The maximum atomic E-state index is 5.45. The van der Waals surface area contributed by atoms with Gasteiger partial charge >= 0.3 is 0 Å². The van der Waals surface area contributed by atoms with E-state index in [-0.39, 0.29) is 6.04 Å². The van der Waals surface area contributed by atoms with Crippen LogP contribution in [0.5, 0.6) is 11.5 Å². The number of aliphatic imine (C=N–C) groups is 1. The van der Waals surface area contributed by atoms with Crippen LogP contribution < -0.4 is 9.47 Å². The van der Waals surface area contributed by atoms with Crippen LogP contribution in [0, 0.1) is 0 Å². The summed E-state index contributed by atoms with van der Waals surface area (Å²) >= 11 is 0. The van der Waals surface area contributed by atoms with E-state index < -0.39 is 0 Å². The van der Waals surface area contributed by atoms with Gasteiger partial charge in [-0.2, -0.15) is 0 Å². The molecule has 3 aromatic rings. The Bertz CT molecular complexity index is 870. The zero-order chi connectivity index (χ0) is 19.8. The van der Waals surface area contributed by atoms with E-state index in [0.29, 0.717) is 6.42 Å². The minimum absolute atomic E-state index is 0.100. The second-order valence-corrected chi connectivity index (χ2v) is 6.40. The third-order valence-electron chi connectivity index (χ3n) is 4.53. The fourth-order valence-electron chi connectivity index (χ4n) is 3.11. The molecular weight excluding hydrogens is 346 g/mol. The van der Waals surface area contributed by atoms with Crippen LogP contribution in [0.15, 0.2) is 96.5 Å². The molecular formula is C25H25NO2. The van der Waals surface area contributed by atoms with Crippen molar-refractivity contribution >= 4 is 5.71 Å². The van der Waals surface area contributed by atoms with Crippen molar-refractivity contribution in [2.24, 2.45) is 4.99 Å². The summed E-state index contributed by atoms with van der Waals surface area (Å²) in [5, 5.41) is 0. The molecule has 0 aliphatic carbocycles. The Labute approximate surface area is 167 Å². The Kier molecular flexibility index (Phi) is 6.64. The normalized spacial score (nSPS) is 11.4. The van der Waals surface area contributed by atoms with Gasteiger partial charge in [-0.3, -0.25) is 4.99 Å². The van der Waals surface area contributed by atoms with Gasteiger partial charge in [0.05, 0.1) is 26.0 Å². The summed E-state index contributed by atoms with van der Waals surface area (Å²) in [6.45, 7) is 3.93. The molecule has 3 aromatic carbocycles. The van der Waals surface area contributed by atoms with Gasteiger partial charge in [0.25, 0.3) is 0 Å². The highest BCUT2D eigenvalue weighted by Gasteiger charge is 2.15. The van der Waals surface area contributed by atoms with Crippen LogP contribution >= 0.6 is 0 Å². The van der Waals surface area contributed by atoms with Crippen LogP contribution in [0.25, 0.3) is 0 Å². The van der Waals surface area contributed by atoms with Crippen molar-refractivity contribution in [1.29, 1.82) is 0 Å². The predicted molar refractivity (Wildman–Crippen MR) is 116 cm³/mol. The second kappa shape index (κ2) is 9.56. The van der Waals surface area contributed by atoms with Gasteiger partial charge in [0.2, 0.25) is 0 Å². The minimum Gasteiger partial charge on any atom is -0.497 e. The molecule has 0 heterocycles. The third kappa shape index (κ3) is 4.68. The first kappa shape index (κ1) is 19.4. The molecule has 1 unspecified atom stereocenters. The number of rotatable bonds is 8. The zero-order valence-corrected chi connectivity index (χ0v) is 16.3. The summed E-state index contributed by atoms with van der Waals surface area (Å²) in [4.78, 5) is 5.16. The lowest BCUT2D eigenvalue weighted by Gasteiger charge is -2.17. The smallest absolute Gasteiger partial charge is 0.122 e. The molecule has 3 heteroatoms. The SMILES string of the molecule is C=CCC(N=C(c1ccccc1)c1ccccc1)c1cc(OC)cc(OC)c1. The first-order chi connectivity index (χ1) is 13.7.